The van der Waals surface area contributed by atoms with E-state index in [9.17, 15) is 5.21 Å². The van der Waals surface area contributed by atoms with Crippen LogP contribution >= 0.6 is 11.6 Å². The molecule has 0 N–H and O–H groups in total. The molecule has 15 heavy (non-hydrogen) atoms. The van der Waals surface area contributed by atoms with Crippen molar-refractivity contribution in [3.8, 4) is 0 Å². The van der Waals surface area contributed by atoms with Crippen LogP contribution in [0, 0.1) is 5.21 Å². The Morgan fingerprint density at radius 3 is 3.00 bits per heavy atom. The number of hydroxylamine groups is 1. The molecule has 0 unspecified atom stereocenters. The Morgan fingerprint density at radius 1 is 1.27 bits per heavy atom. The van der Waals surface area contributed by atoms with Crippen LogP contribution in [0.2, 0.25) is 5.02 Å². The summed E-state index contributed by atoms with van der Waals surface area (Å²) < 4.78 is 0.926. The number of fused-ring (bicyclic) bond motifs is 4. The number of rotatable bonds is 0. The fraction of sp³-hybridized carbons (Fsp3) is 0.0833. The van der Waals surface area contributed by atoms with Crippen LogP contribution in [0.4, 0.5) is 0 Å². The van der Waals surface area contributed by atoms with E-state index in [1.54, 1.807) is 6.21 Å². The van der Waals surface area contributed by atoms with Crippen molar-refractivity contribution in [2.75, 3.05) is 0 Å². The van der Waals surface area contributed by atoms with Crippen LogP contribution in [-0.4, -0.2) is 11.0 Å². The predicted molar refractivity (Wildman–Crippen MR) is 62.0 cm³/mol. The summed E-state index contributed by atoms with van der Waals surface area (Å²) in [6, 6.07) is 7.94. The standard InChI is InChI=1S/C12H8ClNO/c13-12-2-1-8-5-9-7-14(15)4-3-10(9)11(12)6-8/h1-6H,7H2. The van der Waals surface area contributed by atoms with Gasteiger partial charge in [0.05, 0.1) is 0 Å². The molecule has 2 bridgehead atoms. The Labute approximate surface area is 91.7 Å². The number of benzene rings is 2. The average molecular weight is 218 g/mol. The average Bonchev–Trinajstić information content (AvgIpc) is 2.23. The fourth-order valence-electron chi connectivity index (χ4n) is 2.00. The van der Waals surface area contributed by atoms with E-state index in [2.05, 4.69) is 0 Å². The second kappa shape index (κ2) is 2.97. The van der Waals surface area contributed by atoms with Gasteiger partial charge in [0, 0.05) is 22.0 Å². The van der Waals surface area contributed by atoms with Gasteiger partial charge in [-0.1, -0.05) is 17.7 Å². The Bertz CT molecular complexity index is 631. The highest BCUT2D eigenvalue weighted by molar-refractivity contribution is 6.34. The lowest BCUT2D eigenvalue weighted by atomic mass is 10.0. The van der Waals surface area contributed by atoms with E-state index in [4.69, 9.17) is 11.6 Å². The molecule has 0 aromatic heterocycles. The SMILES string of the molecule is [O-][N+]1=CC=c2c(cc3ccc(Cl)c2c3)C1. The summed E-state index contributed by atoms with van der Waals surface area (Å²) >= 11 is 6.11. The van der Waals surface area contributed by atoms with Crippen molar-refractivity contribution in [3.63, 3.8) is 0 Å². The van der Waals surface area contributed by atoms with Crippen LogP contribution in [0.15, 0.2) is 24.3 Å². The molecule has 2 aromatic carbocycles. The molecular weight excluding hydrogens is 210 g/mol. The summed E-state index contributed by atoms with van der Waals surface area (Å²) in [4.78, 5) is 0. The monoisotopic (exact) mass is 217 g/mol. The van der Waals surface area contributed by atoms with Crippen molar-refractivity contribution in [3.05, 3.63) is 45.3 Å². The lowest BCUT2D eigenvalue weighted by molar-refractivity contribution is -0.469. The molecule has 2 nitrogen and oxygen atoms in total. The molecule has 3 rings (SSSR count). The zero-order valence-corrected chi connectivity index (χ0v) is 8.66. The first-order valence-electron chi connectivity index (χ1n) is 4.74. The van der Waals surface area contributed by atoms with Crippen LogP contribution in [0.3, 0.4) is 0 Å². The molecule has 0 saturated heterocycles. The van der Waals surface area contributed by atoms with Gasteiger partial charge in [0.25, 0.3) is 0 Å². The molecule has 2 aromatic rings. The van der Waals surface area contributed by atoms with Gasteiger partial charge in [-0.05, 0) is 28.8 Å². The van der Waals surface area contributed by atoms with Crippen molar-refractivity contribution in [2.24, 2.45) is 0 Å². The van der Waals surface area contributed by atoms with Gasteiger partial charge in [0.15, 0.2) is 12.8 Å². The number of hydrogen-bond acceptors (Lipinski definition) is 1. The molecule has 0 aliphatic carbocycles. The normalized spacial score (nSPS) is 14.6. The first kappa shape index (κ1) is 8.74. The first-order chi connectivity index (χ1) is 7.24. The zero-order chi connectivity index (χ0) is 10.4. The maximum Gasteiger partial charge on any atom is 0.179 e. The van der Waals surface area contributed by atoms with Crippen molar-refractivity contribution in [1.82, 2.24) is 0 Å². The van der Waals surface area contributed by atoms with Gasteiger partial charge in [-0.15, -0.1) is 0 Å². The van der Waals surface area contributed by atoms with Crippen molar-refractivity contribution < 1.29 is 4.74 Å². The van der Waals surface area contributed by atoms with E-state index in [0.717, 1.165) is 31.3 Å². The van der Waals surface area contributed by atoms with Gasteiger partial charge >= 0.3 is 0 Å². The molecular formula is C12H8ClNO. The topological polar surface area (TPSA) is 26.1 Å². The van der Waals surface area contributed by atoms with Gasteiger partial charge in [0.1, 0.15) is 0 Å². The van der Waals surface area contributed by atoms with Crippen LogP contribution in [-0.2, 0) is 6.54 Å². The van der Waals surface area contributed by atoms with Crippen LogP contribution in [0.5, 0.6) is 0 Å². The second-order valence-electron chi connectivity index (χ2n) is 3.71. The van der Waals surface area contributed by atoms with Gasteiger partial charge < -0.3 is 5.21 Å². The summed E-state index contributed by atoms with van der Waals surface area (Å²) in [5.41, 5.74) is 1.04. The highest BCUT2D eigenvalue weighted by Crippen LogP contribution is 2.20. The smallest absolute Gasteiger partial charge is 0.179 e. The fourth-order valence-corrected chi connectivity index (χ4v) is 2.22. The molecule has 0 amide bonds. The molecule has 1 heterocycles. The lowest BCUT2D eigenvalue weighted by Gasteiger charge is -2.11. The van der Waals surface area contributed by atoms with E-state index in [1.807, 2.05) is 30.3 Å². The van der Waals surface area contributed by atoms with Crippen molar-refractivity contribution in [2.45, 2.75) is 6.54 Å². The van der Waals surface area contributed by atoms with E-state index in [-0.39, 0.29) is 0 Å². The third-order valence-electron chi connectivity index (χ3n) is 2.70. The summed E-state index contributed by atoms with van der Waals surface area (Å²) in [6.45, 7) is 0.407. The molecule has 1 aliphatic rings. The highest BCUT2D eigenvalue weighted by Gasteiger charge is 2.10. The van der Waals surface area contributed by atoms with Crippen LogP contribution < -0.4 is 5.22 Å². The van der Waals surface area contributed by atoms with E-state index >= 15 is 0 Å². The maximum atomic E-state index is 11.2. The van der Waals surface area contributed by atoms with Gasteiger partial charge in [-0.3, -0.25) is 0 Å². The quantitative estimate of drug-likeness (QED) is 0.490. The summed E-state index contributed by atoms with van der Waals surface area (Å²) in [5.74, 6) is 0. The number of hydrogen-bond donors (Lipinski definition) is 0. The molecule has 74 valence electrons. The molecule has 0 fully saturated rings. The minimum absolute atomic E-state index is 0.407. The zero-order valence-electron chi connectivity index (χ0n) is 7.90. The minimum Gasteiger partial charge on any atom is -0.624 e. The van der Waals surface area contributed by atoms with Gasteiger partial charge in [-0.2, -0.15) is 0 Å². The van der Waals surface area contributed by atoms with Gasteiger partial charge in [0.2, 0.25) is 0 Å². The predicted octanol–water partition coefficient (Wildman–Crippen LogP) is 2.09. The lowest BCUT2D eigenvalue weighted by Crippen LogP contribution is -2.21. The molecule has 3 heteroatoms. The van der Waals surface area contributed by atoms with Crippen molar-refractivity contribution in [1.29, 1.82) is 0 Å². The third-order valence-corrected chi connectivity index (χ3v) is 3.03. The van der Waals surface area contributed by atoms with Gasteiger partial charge in [-0.25, -0.2) is 4.74 Å². The Kier molecular flexibility index (Phi) is 1.73. The third kappa shape index (κ3) is 1.29. The molecule has 0 spiro atoms. The largest absolute Gasteiger partial charge is 0.624 e. The molecule has 0 saturated carbocycles. The molecule has 1 aliphatic heterocycles. The van der Waals surface area contributed by atoms with Crippen molar-refractivity contribution >= 4 is 34.7 Å². The van der Waals surface area contributed by atoms with E-state index < -0.39 is 0 Å². The molecule has 0 atom stereocenters. The van der Waals surface area contributed by atoms with E-state index in [0.29, 0.717) is 6.54 Å². The second-order valence-corrected chi connectivity index (χ2v) is 4.12. The maximum absolute atomic E-state index is 11.2. The summed E-state index contributed by atoms with van der Waals surface area (Å²) in [5, 5.41) is 15.1. The highest BCUT2D eigenvalue weighted by atomic mass is 35.5. The van der Waals surface area contributed by atoms with Crippen LogP contribution in [0.1, 0.15) is 5.56 Å². The first-order valence-corrected chi connectivity index (χ1v) is 5.11. The Balaban J connectivity index is 2.48. The van der Waals surface area contributed by atoms with E-state index in [1.165, 1.54) is 0 Å². The number of halogens is 1. The minimum atomic E-state index is 0.407. The Hall–Kier alpha value is -1.54. The summed E-state index contributed by atoms with van der Waals surface area (Å²) in [6.07, 6.45) is 3.37. The Morgan fingerprint density at radius 2 is 2.13 bits per heavy atom. The molecule has 0 radical (unpaired) electrons. The number of nitrogens with zero attached hydrogens (tertiary/aromatic N) is 1. The van der Waals surface area contributed by atoms with Crippen LogP contribution in [0.25, 0.3) is 16.8 Å². The summed E-state index contributed by atoms with van der Waals surface area (Å²) in [7, 11) is 0.